The predicted octanol–water partition coefficient (Wildman–Crippen LogP) is 3.97. The second-order valence-electron chi connectivity index (χ2n) is 10.9. The van der Waals surface area contributed by atoms with Gasteiger partial charge in [0.15, 0.2) is 5.76 Å². The highest BCUT2D eigenvalue weighted by atomic mass is 32.2. The van der Waals surface area contributed by atoms with Crippen LogP contribution in [0.4, 0.5) is 0 Å². The van der Waals surface area contributed by atoms with Crippen molar-refractivity contribution in [3.05, 3.63) is 36.1 Å². The van der Waals surface area contributed by atoms with Crippen molar-refractivity contribution in [3.63, 3.8) is 0 Å². The molecular weight excluding hydrogens is 520 g/mol. The number of hydrogen-bond donors (Lipinski definition) is 2. The van der Waals surface area contributed by atoms with Crippen LogP contribution in [0.1, 0.15) is 70.6 Å². The van der Waals surface area contributed by atoms with Crippen LogP contribution >= 0.6 is 0 Å². The zero-order valence-electron chi connectivity index (χ0n) is 23.1. The average Bonchev–Trinajstić information content (AvgIpc) is 2.97. The number of nitrogens with one attached hydrogen (secondary N) is 1. The van der Waals surface area contributed by atoms with Crippen molar-refractivity contribution >= 4 is 15.9 Å². The Kier molecular flexibility index (Phi) is 11.1. The van der Waals surface area contributed by atoms with E-state index in [-0.39, 0.29) is 49.1 Å². The molecular formula is C29H44N2O7S. The number of benzene rings is 1. The molecule has 0 bridgehead atoms. The van der Waals surface area contributed by atoms with Crippen LogP contribution in [0.3, 0.4) is 0 Å². The Balaban J connectivity index is 1.40. The molecule has 2 N–H and O–H groups in total. The molecule has 10 heteroatoms. The van der Waals surface area contributed by atoms with Crippen LogP contribution < -0.4 is 10.1 Å². The number of carbonyl (C=O) groups excluding carboxylic acids is 1. The summed E-state index contributed by atoms with van der Waals surface area (Å²) in [5.74, 6) is 1.38. The van der Waals surface area contributed by atoms with Crippen molar-refractivity contribution in [1.82, 2.24) is 9.62 Å². The topological polar surface area (TPSA) is 114 Å². The van der Waals surface area contributed by atoms with Crippen molar-refractivity contribution in [2.24, 2.45) is 11.8 Å². The van der Waals surface area contributed by atoms with Gasteiger partial charge in [0.25, 0.3) is 5.91 Å². The Labute approximate surface area is 232 Å². The maximum Gasteiger partial charge on any atom is 0.286 e. The Bertz CT molecular complexity index is 1050. The van der Waals surface area contributed by atoms with Crippen molar-refractivity contribution in [3.8, 4) is 5.75 Å². The molecule has 0 unspecified atom stereocenters. The summed E-state index contributed by atoms with van der Waals surface area (Å²) >= 11 is 0. The van der Waals surface area contributed by atoms with Gasteiger partial charge in [-0.05, 0) is 67.9 Å². The second-order valence-corrected chi connectivity index (χ2v) is 12.8. The molecule has 0 radical (unpaired) electrons. The van der Waals surface area contributed by atoms with Crippen LogP contribution in [0, 0.1) is 11.8 Å². The largest absolute Gasteiger partial charge is 0.497 e. The highest BCUT2D eigenvalue weighted by Gasteiger charge is 2.34. The van der Waals surface area contributed by atoms with Gasteiger partial charge in [-0.25, -0.2) is 8.42 Å². The first-order chi connectivity index (χ1) is 18.9. The number of allylic oxidation sites excluding steroid dienone is 1. The number of sulfonamides is 1. The summed E-state index contributed by atoms with van der Waals surface area (Å²) in [5.41, 5.74) is 0. The highest BCUT2D eigenvalue weighted by Crippen LogP contribution is 2.37. The lowest BCUT2D eigenvalue weighted by molar-refractivity contribution is -0.152. The molecule has 0 spiro atoms. The van der Waals surface area contributed by atoms with Crippen LogP contribution in [0.25, 0.3) is 0 Å². The number of ether oxygens (including phenoxy) is 3. The molecule has 2 atom stereocenters. The number of nitrogens with zero attached hydrogens (tertiary/aromatic N) is 1. The molecule has 0 saturated heterocycles. The Morgan fingerprint density at radius 3 is 2.33 bits per heavy atom. The maximum atomic E-state index is 13.2. The van der Waals surface area contributed by atoms with E-state index in [2.05, 4.69) is 5.32 Å². The van der Waals surface area contributed by atoms with E-state index in [4.69, 9.17) is 14.2 Å². The number of amides is 1. The normalized spacial score (nSPS) is 23.2. The fraction of sp³-hybridized carbons (Fsp3) is 0.690. The van der Waals surface area contributed by atoms with Crippen LogP contribution in [0.5, 0.6) is 5.75 Å². The molecule has 2 saturated carbocycles. The molecule has 2 aliphatic carbocycles. The van der Waals surface area contributed by atoms with Crippen molar-refractivity contribution < 1.29 is 32.5 Å². The first kappa shape index (κ1) is 29.8. The summed E-state index contributed by atoms with van der Waals surface area (Å²) in [6.07, 6.45) is 13.4. The summed E-state index contributed by atoms with van der Waals surface area (Å²) < 4.78 is 44.9. The molecule has 39 heavy (non-hydrogen) atoms. The minimum absolute atomic E-state index is 0.0518. The number of rotatable bonds is 12. The molecule has 4 rings (SSSR count). The van der Waals surface area contributed by atoms with Crippen LogP contribution in [0.15, 0.2) is 41.0 Å². The fourth-order valence-electron chi connectivity index (χ4n) is 5.99. The van der Waals surface area contributed by atoms with E-state index in [1.807, 2.05) is 6.08 Å². The van der Waals surface area contributed by atoms with Gasteiger partial charge >= 0.3 is 0 Å². The third-order valence-corrected chi connectivity index (χ3v) is 10.1. The van der Waals surface area contributed by atoms with Gasteiger partial charge in [-0.1, -0.05) is 38.5 Å². The molecule has 218 valence electrons. The minimum atomic E-state index is -3.84. The molecule has 9 nitrogen and oxygen atoms in total. The molecule has 1 aromatic carbocycles. The third-order valence-electron chi connectivity index (χ3n) is 8.20. The van der Waals surface area contributed by atoms with Crippen molar-refractivity contribution in [2.45, 2.75) is 87.9 Å². The minimum Gasteiger partial charge on any atom is -0.497 e. The Morgan fingerprint density at radius 2 is 1.69 bits per heavy atom. The van der Waals surface area contributed by atoms with Crippen LogP contribution in [-0.2, 0) is 24.3 Å². The van der Waals surface area contributed by atoms with Gasteiger partial charge in [0.1, 0.15) is 5.75 Å². The lowest BCUT2D eigenvalue weighted by Crippen LogP contribution is -2.41. The molecule has 2 fully saturated rings. The summed E-state index contributed by atoms with van der Waals surface area (Å²) in [7, 11) is -2.32. The van der Waals surface area contributed by atoms with E-state index >= 15 is 0 Å². The predicted molar refractivity (Wildman–Crippen MR) is 147 cm³/mol. The number of carbonyl (C=O) groups is 1. The molecule has 3 aliphatic rings. The first-order valence-corrected chi connectivity index (χ1v) is 15.9. The van der Waals surface area contributed by atoms with Crippen molar-refractivity contribution in [1.29, 1.82) is 0 Å². The van der Waals surface area contributed by atoms with Gasteiger partial charge in [0, 0.05) is 25.6 Å². The number of aliphatic hydroxyl groups is 1. The molecule has 1 aromatic rings. The summed E-state index contributed by atoms with van der Waals surface area (Å²) in [4.78, 5) is 13.3. The SMILES string of the molecule is COc1ccc(S(=O)(=O)N(CCO)CCO[C@@H]2C[C@H](C3CCCCC3)C=C(C(=O)NC3CCCCC3)O2)cc1. The van der Waals surface area contributed by atoms with Gasteiger partial charge in [-0.2, -0.15) is 4.31 Å². The number of aliphatic hydroxyl groups excluding tert-OH is 1. The molecule has 1 amide bonds. The summed E-state index contributed by atoms with van der Waals surface area (Å²) in [6, 6.07) is 6.34. The third kappa shape index (κ3) is 8.19. The lowest BCUT2D eigenvalue weighted by atomic mass is 9.77. The first-order valence-electron chi connectivity index (χ1n) is 14.5. The standard InChI is InChI=1S/C29H44N2O7S/c1-36-25-12-14-26(15-13-25)39(34,35)31(16-18-32)17-19-37-28-21-23(22-8-4-2-5-9-22)20-27(38-28)29(33)30-24-10-6-3-7-11-24/h12-15,20,22-24,28,32H,2-11,16-19,21H2,1H3,(H,30,33)/t23-,28+/m1/s1. The lowest BCUT2D eigenvalue weighted by Gasteiger charge is -2.35. The van der Waals surface area contributed by atoms with Gasteiger partial charge < -0.3 is 24.6 Å². The molecule has 1 aliphatic heterocycles. The van der Waals surface area contributed by atoms with E-state index in [0.717, 1.165) is 38.5 Å². The van der Waals surface area contributed by atoms with E-state index < -0.39 is 16.3 Å². The van der Waals surface area contributed by atoms with Gasteiger partial charge in [-0.15, -0.1) is 0 Å². The van der Waals surface area contributed by atoms with E-state index in [0.29, 0.717) is 23.8 Å². The van der Waals surface area contributed by atoms with Crippen LogP contribution in [0.2, 0.25) is 0 Å². The van der Waals surface area contributed by atoms with Gasteiger partial charge in [-0.3, -0.25) is 4.79 Å². The quantitative estimate of drug-likeness (QED) is 0.395. The highest BCUT2D eigenvalue weighted by molar-refractivity contribution is 7.89. The Morgan fingerprint density at radius 1 is 1.03 bits per heavy atom. The second kappa shape index (κ2) is 14.5. The average molecular weight is 565 g/mol. The zero-order valence-corrected chi connectivity index (χ0v) is 23.9. The molecule has 1 heterocycles. The van der Waals surface area contributed by atoms with E-state index in [1.165, 1.54) is 49.2 Å². The van der Waals surface area contributed by atoms with E-state index in [1.54, 1.807) is 12.1 Å². The van der Waals surface area contributed by atoms with Gasteiger partial charge in [0.05, 0.1) is 25.2 Å². The summed E-state index contributed by atoms with van der Waals surface area (Å²) in [6.45, 7) is -0.235. The smallest absolute Gasteiger partial charge is 0.286 e. The molecule has 0 aromatic heterocycles. The maximum absolute atomic E-state index is 13.2. The van der Waals surface area contributed by atoms with E-state index in [9.17, 15) is 18.3 Å². The number of hydrogen-bond acceptors (Lipinski definition) is 7. The Hall–Kier alpha value is -2.14. The monoisotopic (exact) mass is 564 g/mol. The summed E-state index contributed by atoms with van der Waals surface area (Å²) in [5, 5.41) is 12.7. The fourth-order valence-corrected chi connectivity index (χ4v) is 7.40. The number of methoxy groups -OCH3 is 1. The van der Waals surface area contributed by atoms with Gasteiger partial charge in [0.2, 0.25) is 16.3 Å². The zero-order chi connectivity index (χ0) is 27.7. The van der Waals surface area contributed by atoms with Crippen LogP contribution in [-0.4, -0.2) is 69.5 Å². The van der Waals surface area contributed by atoms with Crippen molar-refractivity contribution in [2.75, 3.05) is 33.4 Å².